The van der Waals surface area contributed by atoms with Crippen molar-refractivity contribution in [2.75, 3.05) is 13.1 Å². The van der Waals surface area contributed by atoms with Gasteiger partial charge in [-0.15, -0.1) is 0 Å². The number of benzene rings is 1. The van der Waals surface area contributed by atoms with Crippen LogP contribution in [0.15, 0.2) is 28.7 Å². The molecule has 20 heavy (non-hydrogen) atoms. The lowest BCUT2D eigenvalue weighted by atomic mass is 10.3. The van der Waals surface area contributed by atoms with Crippen molar-refractivity contribution in [2.45, 2.75) is 19.5 Å². The van der Waals surface area contributed by atoms with Gasteiger partial charge >= 0.3 is 0 Å². The second kappa shape index (κ2) is 6.85. The zero-order valence-electron chi connectivity index (χ0n) is 11.0. The van der Waals surface area contributed by atoms with Crippen LogP contribution in [0.2, 0.25) is 0 Å². The van der Waals surface area contributed by atoms with Crippen LogP contribution < -0.4 is 0 Å². The average molecular weight is 286 g/mol. The molecule has 0 fully saturated rings. The number of fused-ring (bicyclic) bond motifs is 1. The van der Waals surface area contributed by atoms with Crippen LogP contribution in [0.25, 0.3) is 11.1 Å². The minimum atomic E-state index is 0.408. The van der Waals surface area contributed by atoms with E-state index in [1.807, 2.05) is 33.7 Å². The van der Waals surface area contributed by atoms with Gasteiger partial charge in [0.25, 0.3) is 4.84 Å². The van der Waals surface area contributed by atoms with Crippen LogP contribution in [0.3, 0.4) is 0 Å². The molecule has 0 spiro atoms. The molecule has 0 saturated heterocycles. The van der Waals surface area contributed by atoms with Gasteiger partial charge in [-0.25, -0.2) is 0 Å². The molecule has 0 bridgehead atoms. The molecule has 5 nitrogen and oxygen atoms in total. The Kier molecular flexibility index (Phi) is 4.89. The van der Waals surface area contributed by atoms with Gasteiger partial charge in [0.2, 0.25) is 0 Å². The van der Waals surface area contributed by atoms with Crippen molar-refractivity contribution in [1.82, 2.24) is 9.47 Å². The molecule has 0 aliphatic carbocycles. The van der Waals surface area contributed by atoms with Gasteiger partial charge in [-0.05, 0) is 24.4 Å². The third kappa shape index (κ3) is 3.24. The van der Waals surface area contributed by atoms with Gasteiger partial charge in [-0.1, -0.05) is 12.1 Å². The molecule has 0 radical (unpaired) electrons. The van der Waals surface area contributed by atoms with E-state index in [1.165, 1.54) is 0 Å². The largest absolute Gasteiger partial charge is 0.429 e. The summed E-state index contributed by atoms with van der Waals surface area (Å²) in [6.07, 6.45) is 0.850. The first-order valence-electron chi connectivity index (χ1n) is 6.31. The Morgan fingerprint density at radius 2 is 1.80 bits per heavy atom. The summed E-state index contributed by atoms with van der Waals surface area (Å²) in [5, 5.41) is 17.4. The molecule has 0 unspecified atom stereocenters. The maximum atomic E-state index is 8.71. The molecule has 1 aromatic carbocycles. The Bertz CT molecular complexity index is 701. The van der Waals surface area contributed by atoms with Crippen molar-refractivity contribution in [1.29, 1.82) is 10.5 Å². The fourth-order valence-electron chi connectivity index (χ4n) is 2.02. The second-order valence-electron chi connectivity index (χ2n) is 4.34. The van der Waals surface area contributed by atoms with E-state index < -0.39 is 0 Å². The van der Waals surface area contributed by atoms with E-state index in [0.717, 1.165) is 11.1 Å². The summed E-state index contributed by atoms with van der Waals surface area (Å²) < 4.78 is 7.42. The third-order valence-electron chi connectivity index (χ3n) is 2.99. The Hall–Kier alpha value is -2.15. The Balaban J connectivity index is 2.24. The number of rotatable bonds is 6. The fourth-order valence-corrected chi connectivity index (χ4v) is 2.26. The van der Waals surface area contributed by atoms with Crippen LogP contribution in [0.4, 0.5) is 0 Å². The van der Waals surface area contributed by atoms with E-state index in [-0.39, 0.29) is 0 Å². The molecule has 2 aromatic rings. The molecule has 0 atom stereocenters. The zero-order valence-corrected chi connectivity index (χ0v) is 11.8. The third-order valence-corrected chi connectivity index (χ3v) is 3.30. The first kappa shape index (κ1) is 14.3. The summed E-state index contributed by atoms with van der Waals surface area (Å²) in [5.41, 5.74) is 1.68. The highest BCUT2D eigenvalue weighted by Gasteiger charge is 2.10. The van der Waals surface area contributed by atoms with Gasteiger partial charge in [0.05, 0.1) is 24.3 Å². The van der Waals surface area contributed by atoms with Gasteiger partial charge in [0.1, 0.15) is 0 Å². The maximum Gasteiger partial charge on any atom is 0.270 e. The van der Waals surface area contributed by atoms with Crippen molar-refractivity contribution in [2.24, 2.45) is 0 Å². The summed E-state index contributed by atoms with van der Waals surface area (Å²) in [5.74, 6) is 0. The monoisotopic (exact) mass is 286 g/mol. The van der Waals surface area contributed by atoms with Crippen LogP contribution in [0.1, 0.15) is 12.8 Å². The topological polar surface area (TPSA) is 68.9 Å². The minimum absolute atomic E-state index is 0.408. The number of oxazole rings is 1. The van der Waals surface area contributed by atoms with E-state index in [1.54, 1.807) is 0 Å². The molecule has 0 amide bonds. The molecule has 0 aliphatic rings. The molecule has 0 aliphatic heterocycles. The predicted molar refractivity (Wildman–Crippen MR) is 77.1 cm³/mol. The predicted octanol–water partition coefficient (Wildman–Crippen LogP) is 3.05. The summed E-state index contributed by atoms with van der Waals surface area (Å²) >= 11 is 5.24. The van der Waals surface area contributed by atoms with E-state index in [0.29, 0.717) is 37.4 Å². The fraction of sp³-hybridized carbons (Fsp3) is 0.357. The molecule has 6 heteroatoms. The van der Waals surface area contributed by atoms with Crippen LogP contribution in [-0.2, 0) is 6.67 Å². The molecule has 1 aromatic heterocycles. The average Bonchev–Trinajstić information content (AvgIpc) is 2.78. The van der Waals surface area contributed by atoms with Crippen LogP contribution in [-0.4, -0.2) is 22.6 Å². The summed E-state index contributed by atoms with van der Waals surface area (Å²) in [4.78, 5) is 2.44. The summed E-state index contributed by atoms with van der Waals surface area (Å²) in [6.45, 7) is 1.75. The SMILES string of the molecule is N#CCCN(CCC#N)Cn1c(=S)oc2ccccc21. The minimum Gasteiger partial charge on any atom is -0.429 e. The van der Waals surface area contributed by atoms with Gasteiger partial charge in [0.15, 0.2) is 5.58 Å². The Morgan fingerprint density at radius 1 is 1.15 bits per heavy atom. The number of hydrogen-bond donors (Lipinski definition) is 0. The van der Waals surface area contributed by atoms with Gasteiger partial charge < -0.3 is 4.42 Å². The highest BCUT2D eigenvalue weighted by Crippen LogP contribution is 2.17. The van der Waals surface area contributed by atoms with Crippen LogP contribution in [0, 0.1) is 27.5 Å². The normalized spacial score (nSPS) is 10.6. The van der Waals surface area contributed by atoms with Gasteiger partial charge in [-0.2, -0.15) is 10.5 Å². The van der Waals surface area contributed by atoms with E-state index in [2.05, 4.69) is 12.1 Å². The van der Waals surface area contributed by atoms with Crippen LogP contribution in [0.5, 0.6) is 0 Å². The molecular weight excluding hydrogens is 272 g/mol. The maximum absolute atomic E-state index is 8.71. The zero-order chi connectivity index (χ0) is 14.4. The molecular formula is C14H14N4OS. The Labute approximate surface area is 122 Å². The number of hydrogen-bond acceptors (Lipinski definition) is 5. The van der Waals surface area contributed by atoms with E-state index >= 15 is 0 Å². The van der Waals surface area contributed by atoms with Crippen molar-refractivity contribution in [3.63, 3.8) is 0 Å². The van der Waals surface area contributed by atoms with Crippen molar-refractivity contribution in [3.05, 3.63) is 29.1 Å². The van der Waals surface area contributed by atoms with Gasteiger partial charge in [0, 0.05) is 25.9 Å². The molecule has 102 valence electrons. The number of nitrogens with zero attached hydrogens (tertiary/aromatic N) is 4. The quantitative estimate of drug-likeness (QED) is 0.763. The molecule has 0 saturated carbocycles. The lowest BCUT2D eigenvalue weighted by Gasteiger charge is -2.20. The Morgan fingerprint density at radius 3 is 2.45 bits per heavy atom. The molecule has 0 N–H and O–H groups in total. The highest BCUT2D eigenvalue weighted by atomic mass is 32.1. The second-order valence-corrected chi connectivity index (χ2v) is 4.69. The molecule has 1 heterocycles. The lowest BCUT2D eigenvalue weighted by molar-refractivity contribution is 0.225. The first-order chi connectivity index (χ1) is 9.76. The van der Waals surface area contributed by atoms with E-state index in [9.17, 15) is 0 Å². The smallest absolute Gasteiger partial charge is 0.270 e. The number of nitriles is 2. The highest BCUT2D eigenvalue weighted by molar-refractivity contribution is 7.71. The lowest BCUT2D eigenvalue weighted by Crippen LogP contribution is -2.28. The number of aromatic nitrogens is 1. The molecule has 2 rings (SSSR count). The van der Waals surface area contributed by atoms with Crippen LogP contribution >= 0.6 is 12.2 Å². The standard InChI is InChI=1S/C14H14N4OS/c15-7-3-9-17(10-4-8-16)11-18-12-5-1-2-6-13(12)19-14(18)20/h1-2,5-6H,3-4,9-11H2. The van der Waals surface area contributed by atoms with E-state index in [4.69, 9.17) is 27.2 Å². The number of para-hydroxylation sites is 2. The van der Waals surface area contributed by atoms with Crippen molar-refractivity contribution < 1.29 is 4.42 Å². The summed E-state index contributed by atoms with van der Waals surface area (Å²) in [7, 11) is 0. The van der Waals surface area contributed by atoms with Crippen molar-refractivity contribution >= 4 is 23.3 Å². The van der Waals surface area contributed by atoms with Crippen molar-refractivity contribution in [3.8, 4) is 12.1 Å². The van der Waals surface area contributed by atoms with Gasteiger partial charge in [-0.3, -0.25) is 9.47 Å². The first-order valence-corrected chi connectivity index (χ1v) is 6.71. The summed E-state index contributed by atoms with van der Waals surface area (Å²) in [6, 6.07) is 11.9.